The number of hydrogen-bond donors (Lipinski definition) is 1. The van der Waals surface area contributed by atoms with Crippen molar-refractivity contribution in [3.8, 4) is 0 Å². The first kappa shape index (κ1) is 13.4. The highest BCUT2D eigenvalue weighted by atomic mass is 19.2. The van der Waals surface area contributed by atoms with E-state index in [1.54, 1.807) is 6.07 Å². The lowest BCUT2D eigenvalue weighted by atomic mass is 9.98. The average molecular weight is 255 g/mol. The molecule has 4 heteroatoms. The first-order valence-corrected chi connectivity index (χ1v) is 6.37. The molecule has 1 aromatic rings. The summed E-state index contributed by atoms with van der Waals surface area (Å²) in [4.78, 5) is 0. The molecule has 18 heavy (non-hydrogen) atoms. The SMILES string of the molecule is CC(NC(C)C1CCOC1)c1cccc(F)c1F. The molecule has 2 nitrogen and oxygen atoms in total. The van der Waals surface area contributed by atoms with Crippen LogP contribution >= 0.6 is 0 Å². The van der Waals surface area contributed by atoms with Crippen LogP contribution in [0.25, 0.3) is 0 Å². The van der Waals surface area contributed by atoms with Gasteiger partial charge in [0.2, 0.25) is 0 Å². The molecule has 0 aliphatic carbocycles. The van der Waals surface area contributed by atoms with E-state index in [0.717, 1.165) is 25.7 Å². The van der Waals surface area contributed by atoms with Crippen molar-refractivity contribution in [3.63, 3.8) is 0 Å². The van der Waals surface area contributed by atoms with Gasteiger partial charge in [-0.3, -0.25) is 0 Å². The Labute approximate surface area is 106 Å². The van der Waals surface area contributed by atoms with E-state index in [-0.39, 0.29) is 12.1 Å². The van der Waals surface area contributed by atoms with Gasteiger partial charge in [-0.15, -0.1) is 0 Å². The van der Waals surface area contributed by atoms with E-state index >= 15 is 0 Å². The molecule has 1 aliphatic rings. The number of hydrogen-bond acceptors (Lipinski definition) is 2. The van der Waals surface area contributed by atoms with Crippen molar-refractivity contribution >= 4 is 0 Å². The molecule has 1 heterocycles. The monoisotopic (exact) mass is 255 g/mol. The van der Waals surface area contributed by atoms with Crippen LogP contribution in [-0.4, -0.2) is 19.3 Å². The zero-order valence-corrected chi connectivity index (χ0v) is 10.7. The first-order chi connectivity index (χ1) is 8.59. The zero-order chi connectivity index (χ0) is 13.1. The Morgan fingerprint density at radius 2 is 2.11 bits per heavy atom. The highest BCUT2D eigenvalue weighted by Gasteiger charge is 2.24. The van der Waals surface area contributed by atoms with Crippen LogP contribution in [0.4, 0.5) is 8.78 Å². The maximum atomic E-state index is 13.6. The van der Waals surface area contributed by atoms with Crippen molar-refractivity contribution in [3.05, 3.63) is 35.4 Å². The van der Waals surface area contributed by atoms with Gasteiger partial charge < -0.3 is 10.1 Å². The molecule has 100 valence electrons. The molecule has 2 rings (SSSR count). The maximum absolute atomic E-state index is 13.6. The summed E-state index contributed by atoms with van der Waals surface area (Å²) < 4.78 is 32.1. The third-order valence-corrected chi connectivity index (χ3v) is 3.63. The van der Waals surface area contributed by atoms with Crippen LogP contribution in [0.5, 0.6) is 0 Å². The van der Waals surface area contributed by atoms with Crippen molar-refractivity contribution in [1.82, 2.24) is 5.32 Å². The summed E-state index contributed by atoms with van der Waals surface area (Å²) in [5.41, 5.74) is 0.376. The molecule has 0 radical (unpaired) electrons. The second kappa shape index (κ2) is 5.76. The van der Waals surface area contributed by atoms with Crippen LogP contribution in [0.3, 0.4) is 0 Å². The quantitative estimate of drug-likeness (QED) is 0.893. The molecule has 0 spiro atoms. The van der Waals surface area contributed by atoms with Gasteiger partial charge in [0, 0.05) is 24.3 Å². The lowest BCUT2D eigenvalue weighted by molar-refractivity contribution is 0.177. The van der Waals surface area contributed by atoms with Gasteiger partial charge in [-0.25, -0.2) is 8.78 Å². The molecule has 0 bridgehead atoms. The largest absolute Gasteiger partial charge is 0.381 e. The molecule has 3 unspecified atom stereocenters. The van der Waals surface area contributed by atoms with E-state index in [9.17, 15) is 8.78 Å². The van der Waals surface area contributed by atoms with Crippen LogP contribution < -0.4 is 5.32 Å². The fourth-order valence-corrected chi connectivity index (χ4v) is 2.42. The number of halogens is 2. The summed E-state index contributed by atoms with van der Waals surface area (Å²) >= 11 is 0. The molecule has 0 amide bonds. The van der Waals surface area contributed by atoms with Gasteiger partial charge >= 0.3 is 0 Å². The molecular weight excluding hydrogens is 236 g/mol. The summed E-state index contributed by atoms with van der Waals surface area (Å²) in [5.74, 6) is -1.10. The average Bonchev–Trinajstić information content (AvgIpc) is 2.86. The minimum atomic E-state index is -0.794. The Kier molecular flexibility index (Phi) is 4.30. The van der Waals surface area contributed by atoms with E-state index in [1.807, 2.05) is 6.92 Å². The van der Waals surface area contributed by atoms with Crippen LogP contribution in [0.1, 0.15) is 31.9 Å². The van der Waals surface area contributed by atoms with Gasteiger partial charge in [-0.05, 0) is 32.3 Å². The minimum Gasteiger partial charge on any atom is -0.381 e. The molecule has 1 aromatic carbocycles. The predicted octanol–water partition coefficient (Wildman–Crippen LogP) is 3.04. The van der Waals surface area contributed by atoms with E-state index in [2.05, 4.69) is 12.2 Å². The topological polar surface area (TPSA) is 21.3 Å². The summed E-state index contributed by atoms with van der Waals surface area (Å²) in [6, 6.07) is 4.31. The summed E-state index contributed by atoms with van der Waals surface area (Å²) in [6.07, 6.45) is 1.02. The molecule has 0 saturated carbocycles. The van der Waals surface area contributed by atoms with Crippen molar-refractivity contribution in [2.45, 2.75) is 32.4 Å². The minimum absolute atomic E-state index is 0.212. The fraction of sp³-hybridized carbons (Fsp3) is 0.571. The van der Waals surface area contributed by atoms with Crippen LogP contribution in [0.2, 0.25) is 0 Å². The highest BCUT2D eigenvalue weighted by Crippen LogP contribution is 2.22. The standard InChI is InChI=1S/C14H19F2NO/c1-9(11-6-7-18-8-11)17-10(2)12-4-3-5-13(15)14(12)16/h3-5,9-11,17H,6-8H2,1-2H3. The lowest BCUT2D eigenvalue weighted by Gasteiger charge is -2.24. The van der Waals surface area contributed by atoms with Crippen molar-refractivity contribution in [1.29, 1.82) is 0 Å². The van der Waals surface area contributed by atoms with Crippen LogP contribution in [-0.2, 0) is 4.74 Å². The van der Waals surface area contributed by atoms with Crippen LogP contribution in [0, 0.1) is 17.6 Å². The number of rotatable bonds is 4. The van der Waals surface area contributed by atoms with Gasteiger partial charge in [-0.1, -0.05) is 12.1 Å². The van der Waals surface area contributed by atoms with E-state index in [1.165, 1.54) is 6.07 Å². The predicted molar refractivity (Wildman–Crippen MR) is 66.3 cm³/mol. The molecular formula is C14H19F2NO. The van der Waals surface area contributed by atoms with Crippen molar-refractivity contribution in [2.75, 3.05) is 13.2 Å². The Bertz CT molecular complexity index is 405. The maximum Gasteiger partial charge on any atom is 0.163 e. The second-order valence-corrected chi connectivity index (χ2v) is 4.94. The van der Waals surface area contributed by atoms with Crippen molar-refractivity contribution in [2.24, 2.45) is 5.92 Å². The van der Waals surface area contributed by atoms with Gasteiger partial charge in [0.25, 0.3) is 0 Å². The molecule has 0 aromatic heterocycles. The molecule has 1 aliphatic heterocycles. The number of ether oxygens (including phenoxy) is 1. The van der Waals surface area contributed by atoms with Crippen LogP contribution in [0.15, 0.2) is 18.2 Å². The lowest BCUT2D eigenvalue weighted by Crippen LogP contribution is -2.36. The summed E-state index contributed by atoms with van der Waals surface area (Å²) in [6.45, 7) is 5.45. The third-order valence-electron chi connectivity index (χ3n) is 3.63. The number of benzene rings is 1. The summed E-state index contributed by atoms with van der Waals surface area (Å²) in [5, 5.41) is 3.32. The third kappa shape index (κ3) is 2.87. The Hall–Kier alpha value is -1.00. The van der Waals surface area contributed by atoms with Gasteiger partial charge in [0.05, 0.1) is 6.61 Å². The molecule has 1 fully saturated rings. The molecule has 1 N–H and O–H groups in total. The Balaban J connectivity index is 2.02. The van der Waals surface area contributed by atoms with E-state index in [4.69, 9.17) is 4.74 Å². The van der Waals surface area contributed by atoms with Crippen molar-refractivity contribution < 1.29 is 13.5 Å². The van der Waals surface area contributed by atoms with Gasteiger partial charge in [0.15, 0.2) is 11.6 Å². The highest BCUT2D eigenvalue weighted by molar-refractivity contribution is 5.22. The zero-order valence-electron chi connectivity index (χ0n) is 10.7. The fourth-order valence-electron chi connectivity index (χ4n) is 2.42. The van der Waals surface area contributed by atoms with Gasteiger partial charge in [0.1, 0.15) is 0 Å². The van der Waals surface area contributed by atoms with Gasteiger partial charge in [-0.2, -0.15) is 0 Å². The second-order valence-electron chi connectivity index (χ2n) is 4.94. The number of nitrogens with one attached hydrogen (secondary N) is 1. The summed E-state index contributed by atoms with van der Waals surface area (Å²) in [7, 11) is 0. The normalized spacial score (nSPS) is 23.0. The Morgan fingerprint density at radius 3 is 2.78 bits per heavy atom. The smallest absolute Gasteiger partial charge is 0.163 e. The van der Waals surface area contributed by atoms with E-state index < -0.39 is 11.6 Å². The first-order valence-electron chi connectivity index (χ1n) is 6.37. The molecule has 3 atom stereocenters. The molecule has 1 saturated heterocycles. The van der Waals surface area contributed by atoms with E-state index in [0.29, 0.717) is 11.5 Å². The Morgan fingerprint density at radius 1 is 1.33 bits per heavy atom.